The number of hydrogen-bond acceptors (Lipinski definition) is 4. The zero-order valence-electron chi connectivity index (χ0n) is 13.0. The number of fused-ring (bicyclic) bond motifs is 1. The van der Waals surface area contributed by atoms with Gasteiger partial charge in [0.25, 0.3) is 0 Å². The first-order valence-electron chi connectivity index (χ1n) is 7.77. The van der Waals surface area contributed by atoms with Crippen molar-refractivity contribution in [1.82, 2.24) is 9.88 Å². The van der Waals surface area contributed by atoms with Crippen molar-refractivity contribution in [3.8, 4) is 11.3 Å². The van der Waals surface area contributed by atoms with Crippen LogP contribution in [0.1, 0.15) is 0 Å². The minimum atomic E-state index is 0.762. The molecule has 0 aliphatic carbocycles. The van der Waals surface area contributed by atoms with E-state index >= 15 is 0 Å². The topological polar surface area (TPSA) is 19.4 Å². The second-order valence-corrected chi connectivity index (χ2v) is 7.21. The highest BCUT2D eigenvalue weighted by Gasteiger charge is 2.18. The predicted octanol–water partition coefficient (Wildman–Crippen LogP) is 4.37. The molecule has 3 nitrogen and oxygen atoms in total. The Kier molecular flexibility index (Phi) is 3.97. The summed E-state index contributed by atoms with van der Waals surface area (Å²) in [5.41, 5.74) is 4.47. The van der Waals surface area contributed by atoms with Crippen LogP contribution in [-0.4, -0.2) is 43.1 Å². The van der Waals surface area contributed by atoms with Crippen LogP contribution in [0.2, 0.25) is 5.02 Å². The highest BCUT2D eigenvalue weighted by atomic mass is 35.5. The van der Waals surface area contributed by atoms with Crippen molar-refractivity contribution in [3.05, 3.63) is 46.1 Å². The molecule has 0 unspecified atom stereocenters. The van der Waals surface area contributed by atoms with Crippen LogP contribution in [0, 0.1) is 0 Å². The van der Waals surface area contributed by atoms with E-state index in [9.17, 15) is 0 Å². The maximum Gasteiger partial charge on any atom is 0.0738 e. The van der Waals surface area contributed by atoms with Crippen LogP contribution < -0.4 is 4.90 Å². The summed E-state index contributed by atoms with van der Waals surface area (Å²) in [5.74, 6) is 0. The van der Waals surface area contributed by atoms with Crippen LogP contribution >= 0.6 is 22.9 Å². The van der Waals surface area contributed by atoms with E-state index in [0.29, 0.717) is 0 Å². The van der Waals surface area contributed by atoms with Crippen LogP contribution in [0.3, 0.4) is 0 Å². The van der Waals surface area contributed by atoms with Gasteiger partial charge in [0.2, 0.25) is 0 Å². The lowest BCUT2D eigenvalue weighted by atomic mass is 10.1. The zero-order valence-corrected chi connectivity index (χ0v) is 14.6. The lowest BCUT2D eigenvalue weighted by Crippen LogP contribution is -2.44. The highest BCUT2D eigenvalue weighted by molar-refractivity contribution is 7.08. The number of thiophene rings is 1. The van der Waals surface area contributed by atoms with E-state index in [2.05, 4.69) is 39.7 Å². The van der Waals surface area contributed by atoms with Gasteiger partial charge in [0.05, 0.1) is 11.2 Å². The van der Waals surface area contributed by atoms with Crippen LogP contribution in [0.25, 0.3) is 22.2 Å². The van der Waals surface area contributed by atoms with Crippen LogP contribution in [0.15, 0.2) is 41.1 Å². The molecule has 0 saturated carbocycles. The molecule has 1 aromatic carbocycles. The third kappa shape index (κ3) is 2.94. The molecule has 0 amide bonds. The van der Waals surface area contributed by atoms with Gasteiger partial charge in [-0.3, -0.25) is 0 Å². The highest BCUT2D eigenvalue weighted by Crippen LogP contribution is 2.33. The maximum absolute atomic E-state index is 6.24. The second-order valence-electron chi connectivity index (χ2n) is 5.99. The first kappa shape index (κ1) is 14.9. The van der Waals surface area contributed by atoms with E-state index in [1.54, 1.807) is 11.3 Å². The zero-order chi connectivity index (χ0) is 15.8. The van der Waals surface area contributed by atoms with Crippen LogP contribution in [0.5, 0.6) is 0 Å². The number of pyridine rings is 1. The average Bonchev–Trinajstić information content (AvgIpc) is 3.09. The largest absolute Gasteiger partial charge is 0.368 e. The second kappa shape index (κ2) is 6.11. The fourth-order valence-corrected chi connectivity index (χ4v) is 3.87. The first-order chi connectivity index (χ1) is 11.2. The standard InChI is InChI=1S/C18H18ClN3S/c1-21-5-7-22(8-6-21)18-11-17(13-4-9-23-12-13)20-16-3-2-14(19)10-15(16)18/h2-4,9-12H,5-8H2,1H3. The van der Waals surface area contributed by atoms with Gasteiger partial charge in [0, 0.05) is 53.2 Å². The van der Waals surface area contributed by atoms with E-state index in [4.69, 9.17) is 16.6 Å². The Hall–Kier alpha value is -1.62. The van der Waals surface area contributed by atoms with Gasteiger partial charge >= 0.3 is 0 Å². The molecule has 23 heavy (non-hydrogen) atoms. The molecule has 1 aliphatic heterocycles. The molecule has 5 heteroatoms. The molecule has 0 radical (unpaired) electrons. The number of benzene rings is 1. The third-order valence-electron chi connectivity index (χ3n) is 4.41. The van der Waals surface area contributed by atoms with Crippen molar-refractivity contribution >= 4 is 39.5 Å². The molecule has 118 valence electrons. The molecular weight excluding hydrogens is 326 g/mol. The SMILES string of the molecule is CN1CCN(c2cc(-c3ccsc3)nc3ccc(Cl)cc23)CC1. The number of rotatable bonds is 2. The maximum atomic E-state index is 6.24. The van der Waals surface area contributed by atoms with E-state index in [0.717, 1.165) is 47.8 Å². The van der Waals surface area contributed by atoms with Gasteiger partial charge in [-0.2, -0.15) is 11.3 Å². The van der Waals surface area contributed by atoms with Crippen molar-refractivity contribution in [1.29, 1.82) is 0 Å². The number of nitrogens with zero attached hydrogens (tertiary/aromatic N) is 3. The third-order valence-corrected chi connectivity index (χ3v) is 5.33. The number of piperazine rings is 1. The molecule has 0 N–H and O–H groups in total. The van der Waals surface area contributed by atoms with E-state index in [-0.39, 0.29) is 0 Å². The Morgan fingerprint density at radius 3 is 2.65 bits per heavy atom. The summed E-state index contributed by atoms with van der Waals surface area (Å²) in [7, 11) is 2.18. The fourth-order valence-electron chi connectivity index (χ4n) is 3.05. The van der Waals surface area contributed by atoms with Gasteiger partial charge in [0.15, 0.2) is 0 Å². The molecule has 0 atom stereocenters. The predicted molar refractivity (Wildman–Crippen MR) is 99.8 cm³/mol. The molecular formula is C18H18ClN3S. The Morgan fingerprint density at radius 1 is 1.09 bits per heavy atom. The molecule has 0 bridgehead atoms. The molecule has 2 aromatic heterocycles. The summed E-state index contributed by atoms with van der Waals surface area (Å²) in [6.07, 6.45) is 0. The number of likely N-dealkylation sites (N-methyl/N-ethyl adjacent to an activating group) is 1. The fraction of sp³-hybridized carbons (Fsp3) is 0.278. The molecule has 1 fully saturated rings. The molecule has 3 heterocycles. The number of aromatic nitrogens is 1. The van der Waals surface area contributed by atoms with Gasteiger partial charge in [-0.15, -0.1) is 0 Å². The van der Waals surface area contributed by atoms with Gasteiger partial charge in [-0.05, 0) is 42.8 Å². The summed E-state index contributed by atoms with van der Waals surface area (Å²) >= 11 is 7.94. The lowest BCUT2D eigenvalue weighted by molar-refractivity contribution is 0.313. The molecule has 1 saturated heterocycles. The molecule has 3 aromatic rings. The van der Waals surface area contributed by atoms with Gasteiger partial charge in [-0.25, -0.2) is 4.98 Å². The Morgan fingerprint density at radius 2 is 1.91 bits per heavy atom. The number of halogens is 1. The van der Waals surface area contributed by atoms with Crippen molar-refractivity contribution < 1.29 is 0 Å². The minimum Gasteiger partial charge on any atom is -0.368 e. The Balaban J connectivity index is 1.87. The smallest absolute Gasteiger partial charge is 0.0738 e. The van der Waals surface area contributed by atoms with Gasteiger partial charge < -0.3 is 9.80 Å². The number of hydrogen-bond donors (Lipinski definition) is 0. The lowest BCUT2D eigenvalue weighted by Gasteiger charge is -2.34. The van der Waals surface area contributed by atoms with E-state index in [1.165, 1.54) is 11.3 Å². The van der Waals surface area contributed by atoms with Crippen LogP contribution in [-0.2, 0) is 0 Å². The normalized spacial score (nSPS) is 16.2. The van der Waals surface area contributed by atoms with Crippen molar-refractivity contribution in [2.24, 2.45) is 0 Å². The van der Waals surface area contributed by atoms with Gasteiger partial charge in [-0.1, -0.05) is 11.6 Å². The first-order valence-corrected chi connectivity index (χ1v) is 9.09. The molecule has 0 spiro atoms. The summed E-state index contributed by atoms with van der Waals surface area (Å²) in [6, 6.07) is 10.3. The van der Waals surface area contributed by atoms with Crippen molar-refractivity contribution in [3.63, 3.8) is 0 Å². The van der Waals surface area contributed by atoms with Crippen LogP contribution in [0.4, 0.5) is 5.69 Å². The van der Waals surface area contributed by atoms with E-state index < -0.39 is 0 Å². The quantitative estimate of drug-likeness (QED) is 0.688. The summed E-state index contributed by atoms with van der Waals surface area (Å²) in [6.45, 7) is 4.23. The summed E-state index contributed by atoms with van der Waals surface area (Å²) in [4.78, 5) is 9.66. The Bertz CT molecular complexity index is 824. The average molecular weight is 344 g/mol. The van der Waals surface area contributed by atoms with Crippen molar-refractivity contribution in [2.45, 2.75) is 0 Å². The van der Waals surface area contributed by atoms with Gasteiger partial charge in [0.1, 0.15) is 0 Å². The van der Waals surface area contributed by atoms with E-state index in [1.807, 2.05) is 18.2 Å². The van der Waals surface area contributed by atoms with Crippen molar-refractivity contribution in [2.75, 3.05) is 38.1 Å². The summed E-state index contributed by atoms with van der Waals surface area (Å²) in [5, 5.41) is 6.15. The summed E-state index contributed by atoms with van der Waals surface area (Å²) < 4.78 is 0. The minimum absolute atomic E-state index is 0.762. The Labute approximate surface area is 145 Å². The monoisotopic (exact) mass is 343 g/mol. The molecule has 1 aliphatic rings. The molecule has 4 rings (SSSR count). The number of anilines is 1.